The molecule has 0 radical (unpaired) electrons. The van der Waals surface area contributed by atoms with Gasteiger partial charge in [0.25, 0.3) is 0 Å². The number of nitrogens with one attached hydrogen (secondary N) is 1. The van der Waals surface area contributed by atoms with E-state index in [2.05, 4.69) is 12.2 Å². The maximum atomic E-state index is 12.4. The van der Waals surface area contributed by atoms with Crippen molar-refractivity contribution in [2.45, 2.75) is 46.5 Å². The van der Waals surface area contributed by atoms with E-state index >= 15 is 0 Å². The van der Waals surface area contributed by atoms with Crippen LogP contribution in [-0.4, -0.2) is 18.5 Å². The molecule has 116 valence electrons. The summed E-state index contributed by atoms with van der Waals surface area (Å²) in [6, 6.07) is 1.83. The summed E-state index contributed by atoms with van der Waals surface area (Å²) in [7, 11) is 0. The summed E-state index contributed by atoms with van der Waals surface area (Å²) in [5.41, 5.74) is 0.484. The van der Waals surface area contributed by atoms with E-state index in [-0.39, 0.29) is 17.8 Å². The van der Waals surface area contributed by atoms with E-state index in [1.54, 1.807) is 6.92 Å². The molecule has 0 bridgehead atoms. The van der Waals surface area contributed by atoms with E-state index in [9.17, 15) is 9.59 Å². The normalized spacial score (nSPS) is 21.3. The smallest absolute Gasteiger partial charge is 0.341 e. The van der Waals surface area contributed by atoms with Gasteiger partial charge in [0.1, 0.15) is 5.00 Å². The number of amides is 1. The van der Waals surface area contributed by atoms with Gasteiger partial charge in [-0.1, -0.05) is 20.3 Å². The van der Waals surface area contributed by atoms with E-state index < -0.39 is 0 Å². The van der Waals surface area contributed by atoms with Gasteiger partial charge in [0.15, 0.2) is 0 Å². The minimum Gasteiger partial charge on any atom is -0.462 e. The lowest BCUT2D eigenvalue weighted by Gasteiger charge is -2.14. The van der Waals surface area contributed by atoms with Crippen molar-refractivity contribution in [1.29, 1.82) is 0 Å². The molecule has 1 amide bonds. The van der Waals surface area contributed by atoms with Crippen LogP contribution in [0.25, 0.3) is 0 Å². The molecular weight excluding hydrogens is 286 g/mol. The number of rotatable bonds is 5. The van der Waals surface area contributed by atoms with E-state index in [1.807, 2.05) is 13.0 Å². The Kier molecular flexibility index (Phi) is 5.39. The first-order chi connectivity index (χ1) is 10.1. The minimum absolute atomic E-state index is 0.0371. The van der Waals surface area contributed by atoms with Crippen LogP contribution in [0.1, 0.15) is 55.3 Å². The van der Waals surface area contributed by atoms with Gasteiger partial charge in [0, 0.05) is 10.8 Å². The molecule has 0 spiro atoms. The average molecular weight is 309 g/mol. The second-order valence-corrected chi connectivity index (χ2v) is 6.67. The highest BCUT2D eigenvalue weighted by Gasteiger charge is 2.30. The molecule has 1 aliphatic carbocycles. The first kappa shape index (κ1) is 16.0. The number of carbonyl (C=O) groups is 2. The minimum atomic E-state index is -0.358. The fourth-order valence-electron chi connectivity index (χ4n) is 2.81. The quantitative estimate of drug-likeness (QED) is 0.840. The third-order valence-electron chi connectivity index (χ3n) is 4.06. The first-order valence-corrected chi connectivity index (χ1v) is 8.49. The number of ether oxygens (including phenoxy) is 1. The van der Waals surface area contributed by atoms with Crippen molar-refractivity contribution in [3.63, 3.8) is 0 Å². The summed E-state index contributed by atoms with van der Waals surface area (Å²) in [6.45, 7) is 6.27. The highest BCUT2D eigenvalue weighted by molar-refractivity contribution is 7.16. The highest BCUT2D eigenvalue weighted by atomic mass is 32.1. The summed E-state index contributed by atoms with van der Waals surface area (Å²) in [4.78, 5) is 25.5. The zero-order chi connectivity index (χ0) is 15.4. The van der Waals surface area contributed by atoms with Crippen molar-refractivity contribution in [1.82, 2.24) is 0 Å². The molecule has 1 aliphatic rings. The monoisotopic (exact) mass is 309 g/mol. The predicted octanol–water partition coefficient (Wildman–Crippen LogP) is 3.86. The van der Waals surface area contributed by atoms with E-state index in [0.29, 0.717) is 23.1 Å². The zero-order valence-electron chi connectivity index (χ0n) is 12.9. The molecule has 2 rings (SSSR count). The molecule has 2 atom stereocenters. The maximum Gasteiger partial charge on any atom is 0.341 e. The van der Waals surface area contributed by atoms with Gasteiger partial charge in [0.05, 0.1) is 12.2 Å². The van der Waals surface area contributed by atoms with Crippen molar-refractivity contribution in [2.24, 2.45) is 11.8 Å². The van der Waals surface area contributed by atoms with Crippen molar-refractivity contribution in [3.8, 4) is 0 Å². The van der Waals surface area contributed by atoms with Gasteiger partial charge in [-0.3, -0.25) is 4.79 Å². The van der Waals surface area contributed by atoms with E-state index in [1.165, 1.54) is 11.3 Å². The fourth-order valence-corrected chi connectivity index (χ4v) is 3.80. The molecule has 1 aromatic heterocycles. The van der Waals surface area contributed by atoms with Crippen LogP contribution in [0.3, 0.4) is 0 Å². The summed E-state index contributed by atoms with van der Waals surface area (Å²) in [6.07, 6.45) is 3.99. The van der Waals surface area contributed by atoms with Crippen LogP contribution in [0.5, 0.6) is 0 Å². The van der Waals surface area contributed by atoms with Crippen molar-refractivity contribution >= 4 is 28.2 Å². The number of hydrogen-bond donors (Lipinski definition) is 1. The number of esters is 1. The highest BCUT2D eigenvalue weighted by Crippen LogP contribution is 2.34. The van der Waals surface area contributed by atoms with Gasteiger partial charge >= 0.3 is 5.97 Å². The zero-order valence-corrected chi connectivity index (χ0v) is 13.7. The van der Waals surface area contributed by atoms with Gasteiger partial charge in [-0.25, -0.2) is 4.79 Å². The number of hydrogen-bond acceptors (Lipinski definition) is 4. The van der Waals surface area contributed by atoms with Gasteiger partial charge < -0.3 is 10.1 Å². The third-order valence-corrected chi connectivity index (χ3v) is 5.26. The number of anilines is 1. The molecule has 1 N–H and O–H groups in total. The van der Waals surface area contributed by atoms with Crippen molar-refractivity contribution < 1.29 is 14.3 Å². The Labute approximate surface area is 129 Å². The first-order valence-electron chi connectivity index (χ1n) is 7.67. The Morgan fingerprint density at radius 3 is 2.71 bits per heavy atom. The number of carbonyl (C=O) groups excluding carboxylic acids is 2. The van der Waals surface area contributed by atoms with Crippen LogP contribution in [0.2, 0.25) is 0 Å². The molecular formula is C16H23NO3S. The van der Waals surface area contributed by atoms with Crippen LogP contribution in [0.15, 0.2) is 6.07 Å². The lowest BCUT2D eigenvalue weighted by Crippen LogP contribution is -2.25. The number of aryl methyl sites for hydroxylation is 1. The Morgan fingerprint density at radius 2 is 2.14 bits per heavy atom. The lowest BCUT2D eigenvalue weighted by molar-refractivity contribution is -0.120. The molecule has 1 aromatic rings. The summed E-state index contributed by atoms with van der Waals surface area (Å²) in [5.74, 6) is 0.159. The van der Waals surface area contributed by atoms with Gasteiger partial charge in [-0.2, -0.15) is 0 Å². The second kappa shape index (κ2) is 7.07. The molecule has 4 nitrogen and oxygen atoms in total. The molecule has 21 heavy (non-hydrogen) atoms. The predicted molar refractivity (Wildman–Crippen MR) is 84.8 cm³/mol. The van der Waals surface area contributed by atoms with E-state index in [0.717, 1.165) is 30.6 Å². The molecule has 1 heterocycles. The molecule has 1 fully saturated rings. The van der Waals surface area contributed by atoms with Crippen LogP contribution < -0.4 is 5.32 Å². The second-order valence-electron chi connectivity index (χ2n) is 5.53. The van der Waals surface area contributed by atoms with Gasteiger partial charge in [-0.15, -0.1) is 11.3 Å². The Morgan fingerprint density at radius 1 is 1.38 bits per heavy atom. The molecule has 0 aromatic carbocycles. The number of thiophene rings is 1. The Hall–Kier alpha value is -1.36. The molecule has 1 saturated carbocycles. The molecule has 0 saturated heterocycles. The lowest BCUT2D eigenvalue weighted by atomic mass is 9.97. The molecule has 2 unspecified atom stereocenters. The largest absolute Gasteiger partial charge is 0.462 e. The van der Waals surface area contributed by atoms with E-state index in [4.69, 9.17) is 4.74 Å². The molecule has 0 aliphatic heterocycles. The van der Waals surface area contributed by atoms with Crippen molar-refractivity contribution in [3.05, 3.63) is 16.5 Å². The summed E-state index contributed by atoms with van der Waals surface area (Å²) in [5, 5.41) is 3.59. The summed E-state index contributed by atoms with van der Waals surface area (Å²) < 4.78 is 5.07. The van der Waals surface area contributed by atoms with Crippen LogP contribution in [0, 0.1) is 11.8 Å². The molecule has 5 heteroatoms. The maximum absolute atomic E-state index is 12.4. The SMILES string of the molecule is CCOC(=O)c1cc(CC)sc1NC(=O)C1CCCC1C. The summed E-state index contributed by atoms with van der Waals surface area (Å²) >= 11 is 1.47. The average Bonchev–Trinajstić information content (AvgIpc) is 3.05. The van der Waals surface area contributed by atoms with Crippen LogP contribution in [0.4, 0.5) is 5.00 Å². The Bertz CT molecular complexity index is 524. The fraction of sp³-hybridized carbons (Fsp3) is 0.625. The van der Waals surface area contributed by atoms with Gasteiger partial charge in [0.2, 0.25) is 5.91 Å². The van der Waals surface area contributed by atoms with Crippen molar-refractivity contribution in [2.75, 3.05) is 11.9 Å². The standard InChI is InChI=1S/C16H23NO3S/c1-4-11-9-13(16(19)20-5-2)15(21-11)17-14(18)12-8-6-7-10(12)3/h9-10,12H,4-8H2,1-3H3,(H,17,18). The van der Waals surface area contributed by atoms with Gasteiger partial charge in [-0.05, 0) is 38.2 Å². The van der Waals surface area contributed by atoms with Crippen LogP contribution in [-0.2, 0) is 16.0 Å². The van der Waals surface area contributed by atoms with Crippen LogP contribution >= 0.6 is 11.3 Å². The Balaban J connectivity index is 2.16. The third kappa shape index (κ3) is 3.64. The topological polar surface area (TPSA) is 55.4 Å².